The summed E-state index contributed by atoms with van der Waals surface area (Å²) in [4.78, 5) is 19.8. The second-order valence-corrected chi connectivity index (χ2v) is 12.1. The summed E-state index contributed by atoms with van der Waals surface area (Å²) in [7, 11) is 0. The van der Waals surface area contributed by atoms with Crippen LogP contribution in [0.15, 0.2) is 67.2 Å². The topological polar surface area (TPSA) is 94.8 Å². The molecule has 0 heterocycles. The Morgan fingerprint density at radius 1 is 0.680 bits per heavy atom. The van der Waals surface area contributed by atoms with Crippen LogP contribution in [0, 0.1) is 6.92 Å². The molecule has 2 aromatic rings. The van der Waals surface area contributed by atoms with Gasteiger partial charge in [-0.2, -0.15) is 0 Å². The van der Waals surface area contributed by atoms with Crippen molar-refractivity contribution < 1.29 is 24.9 Å². The van der Waals surface area contributed by atoms with Gasteiger partial charge in [0.15, 0.2) is 0 Å². The lowest BCUT2D eigenvalue weighted by Gasteiger charge is -1.90. The number of halogens is 2. The normalized spacial score (nSPS) is 8.42. The van der Waals surface area contributed by atoms with Gasteiger partial charge in [-0.25, -0.2) is 0 Å². The van der Waals surface area contributed by atoms with Gasteiger partial charge >= 0.3 is 0 Å². The first kappa shape index (κ1) is 63.1. The summed E-state index contributed by atoms with van der Waals surface area (Å²) in [6.45, 7) is 24.9. The molecule has 0 bridgehead atoms. The lowest BCUT2D eigenvalue weighted by molar-refractivity contribution is -0.117. The Kier molecular flexibility index (Phi) is 82.4. The molecule has 0 saturated heterocycles. The summed E-state index contributed by atoms with van der Waals surface area (Å²) in [6.07, 6.45) is 16.1. The van der Waals surface area contributed by atoms with E-state index in [4.69, 9.17) is 38.5 Å². The molecular weight excluding hydrogens is 667 g/mol. The Hall–Kier alpha value is -2.02. The molecule has 0 aliphatic heterocycles. The maximum atomic E-state index is 10.3. The average Bonchev–Trinajstić information content (AvgIpc) is 3.06. The van der Waals surface area contributed by atoms with Gasteiger partial charge < -0.3 is 24.9 Å². The molecule has 0 saturated carbocycles. The van der Waals surface area contributed by atoms with Crippen molar-refractivity contribution in [1.82, 2.24) is 0 Å². The van der Waals surface area contributed by atoms with E-state index in [0.717, 1.165) is 19.3 Å². The maximum absolute atomic E-state index is 10.3. The summed E-state index contributed by atoms with van der Waals surface area (Å²) in [5.41, 5.74) is 2.50. The van der Waals surface area contributed by atoms with Gasteiger partial charge in [-0.15, -0.1) is 23.2 Å². The number of Topliss-reactive ketones (excluding diaryl/α,β-unsaturated/α-hetero) is 2. The number of aliphatic hydroxyl groups is 3. The molecule has 0 fully saturated rings. The number of rotatable bonds is 12. The highest BCUT2D eigenvalue weighted by Crippen LogP contribution is 1.99. The number of hydrogen-bond donors (Lipinski definition) is 3. The van der Waals surface area contributed by atoms with Gasteiger partial charge in [-0.1, -0.05) is 164 Å². The van der Waals surface area contributed by atoms with Gasteiger partial charge in [0.1, 0.15) is 11.6 Å². The molecule has 0 aromatic heterocycles. The Bertz CT molecular complexity index is 815. The molecule has 2 rings (SSSR count). The fourth-order valence-electron chi connectivity index (χ4n) is 2.79. The van der Waals surface area contributed by atoms with Crippen LogP contribution < -0.4 is 0 Å². The second-order valence-electron chi connectivity index (χ2n) is 11.3. The molecule has 0 amide bonds. The molecule has 0 atom stereocenters. The van der Waals surface area contributed by atoms with Crippen LogP contribution in [0.5, 0.6) is 0 Å². The molecule has 296 valence electrons. The van der Waals surface area contributed by atoms with Gasteiger partial charge in [-0.05, 0) is 66.9 Å². The first-order chi connectivity index (χ1) is 23.7. The van der Waals surface area contributed by atoms with Gasteiger partial charge in [0.25, 0.3) is 0 Å². The first-order valence-electron chi connectivity index (χ1n) is 18.4. The van der Waals surface area contributed by atoms with Crippen LogP contribution in [-0.4, -0.2) is 51.5 Å². The van der Waals surface area contributed by atoms with E-state index in [2.05, 4.69) is 53.3 Å². The molecule has 5 nitrogen and oxygen atoms in total. The van der Waals surface area contributed by atoms with Crippen LogP contribution >= 0.6 is 23.2 Å². The number of alkyl halides is 2. The van der Waals surface area contributed by atoms with Crippen molar-refractivity contribution in [3.05, 3.63) is 78.4 Å². The van der Waals surface area contributed by atoms with Crippen LogP contribution in [-0.2, 0) is 9.59 Å². The highest BCUT2D eigenvalue weighted by Gasteiger charge is 1.89. The molecule has 0 aliphatic rings. The zero-order valence-corrected chi connectivity index (χ0v) is 35.7. The lowest BCUT2D eigenvalue weighted by Crippen LogP contribution is -1.87. The van der Waals surface area contributed by atoms with E-state index < -0.39 is 0 Å². The Morgan fingerprint density at radius 2 is 0.980 bits per heavy atom. The van der Waals surface area contributed by atoms with Gasteiger partial charge in [0.05, 0.1) is 5.34 Å². The van der Waals surface area contributed by atoms with Crippen molar-refractivity contribution in [3.63, 3.8) is 0 Å². The minimum absolute atomic E-state index is 0.167. The standard InChI is InChI=1S/C8H8.C7H14O.C7H8.C6H14O.C6H14.C3H8O.C3H6O.C2H6O.CH2Cl2/c1-2-8-6-4-3-5-7-8;1-3-4-5-6-7(2)8;1-7-5-3-2-4-6-7;1-2-3-4-5-6-7;1-3-5-6-4-2;2*1-3(2)4;1-2-3;2-1-3/h2-7H,1H2;3-6H2,1-2H3;2-6H,1H3;7H,2-6H2,1H3;3-6H2,1-2H3;3-4H,1-2H3;1-2H3;3H,2H2,1H3;1H2. The fraction of sp³-hybridized carbons (Fsp3) is 0.628. The van der Waals surface area contributed by atoms with Gasteiger partial charge in [-0.3, -0.25) is 0 Å². The van der Waals surface area contributed by atoms with E-state index in [1.165, 1.54) is 82.8 Å². The first-order valence-corrected chi connectivity index (χ1v) is 19.5. The molecule has 0 aliphatic carbocycles. The van der Waals surface area contributed by atoms with Crippen molar-refractivity contribution in [1.29, 1.82) is 0 Å². The van der Waals surface area contributed by atoms with E-state index in [9.17, 15) is 9.59 Å². The number of aryl methyl sites for hydroxylation is 1. The summed E-state index contributed by atoms with van der Waals surface area (Å²) in [5.74, 6) is 0.485. The van der Waals surface area contributed by atoms with E-state index in [1.54, 1.807) is 27.7 Å². The van der Waals surface area contributed by atoms with Crippen molar-refractivity contribution >= 4 is 40.8 Å². The zero-order valence-electron chi connectivity index (χ0n) is 34.2. The summed E-state index contributed by atoms with van der Waals surface area (Å²) < 4.78 is 0. The van der Waals surface area contributed by atoms with Gasteiger partial charge in [0.2, 0.25) is 0 Å². The molecule has 0 spiro atoms. The maximum Gasteiger partial charge on any atom is 0.129 e. The third kappa shape index (κ3) is 119. The molecule has 7 heteroatoms. The van der Waals surface area contributed by atoms with Crippen LogP contribution in [0.3, 0.4) is 0 Å². The third-order valence-electron chi connectivity index (χ3n) is 5.08. The lowest BCUT2D eigenvalue weighted by atomic mass is 10.2. The minimum Gasteiger partial charge on any atom is -0.397 e. The quantitative estimate of drug-likeness (QED) is 0.148. The van der Waals surface area contributed by atoms with E-state index in [-0.39, 0.29) is 23.8 Å². The monoisotopic (exact) mass is 747 g/mol. The molecule has 3 N–H and O–H groups in total. The van der Waals surface area contributed by atoms with E-state index >= 15 is 0 Å². The Balaban J connectivity index is -0.0000000850. The number of carbonyl (C=O) groups is 2. The summed E-state index contributed by atoms with van der Waals surface area (Å²) in [6, 6.07) is 20.3. The molecule has 50 heavy (non-hydrogen) atoms. The number of carbonyl (C=O) groups excluding carboxylic acids is 2. The van der Waals surface area contributed by atoms with E-state index in [1.807, 2.05) is 54.6 Å². The number of hydrogen-bond acceptors (Lipinski definition) is 5. The summed E-state index contributed by atoms with van der Waals surface area (Å²) >= 11 is 9.53. The Labute approximate surface area is 320 Å². The highest BCUT2D eigenvalue weighted by molar-refractivity contribution is 6.40. The smallest absolute Gasteiger partial charge is 0.129 e. The van der Waals surface area contributed by atoms with Crippen molar-refractivity contribution in [3.8, 4) is 0 Å². The SMILES string of the molecule is C=Cc1ccccc1.CC(C)=O.CC(C)O.CCCCCC.CCCCCC(C)=O.CCCCCCO.CCO.Cc1ccccc1.ClCCl. The average molecular weight is 748 g/mol. The van der Waals surface area contributed by atoms with E-state index in [0.29, 0.717) is 12.4 Å². The molecule has 2 aromatic carbocycles. The Morgan fingerprint density at radius 3 is 1.20 bits per heavy atom. The largest absolute Gasteiger partial charge is 0.397 e. The minimum atomic E-state index is -0.167. The van der Waals surface area contributed by atoms with Gasteiger partial charge in [0, 0.05) is 25.7 Å². The second kappa shape index (κ2) is 65.4. The van der Waals surface area contributed by atoms with Crippen LogP contribution in [0.2, 0.25) is 0 Å². The third-order valence-corrected chi connectivity index (χ3v) is 5.08. The number of aliphatic hydroxyl groups excluding tert-OH is 3. The fourth-order valence-corrected chi connectivity index (χ4v) is 2.79. The van der Waals surface area contributed by atoms with Crippen molar-refractivity contribution in [2.24, 2.45) is 0 Å². The van der Waals surface area contributed by atoms with Crippen LogP contribution in [0.4, 0.5) is 0 Å². The predicted octanol–water partition coefficient (Wildman–Crippen LogP) is 13.0. The molecule has 0 unspecified atom stereocenters. The molecular formula is C43H80Cl2O5. The van der Waals surface area contributed by atoms with Crippen molar-refractivity contribution in [2.75, 3.05) is 18.6 Å². The highest BCUT2D eigenvalue weighted by atomic mass is 35.5. The van der Waals surface area contributed by atoms with Crippen molar-refractivity contribution in [2.45, 2.75) is 159 Å². The predicted molar refractivity (Wildman–Crippen MR) is 227 cm³/mol. The van der Waals surface area contributed by atoms with Crippen LogP contribution in [0.25, 0.3) is 6.08 Å². The number of unbranched alkanes of at least 4 members (excludes halogenated alkanes) is 8. The number of ketones is 2. The molecule has 0 radical (unpaired) electrons. The zero-order chi connectivity index (χ0) is 40.3. The summed E-state index contributed by atoms with van der Waals surface area (Å²) in [5, 5.41) is 24.1. The van der Waals surface area contributed by atoms with Crippen LogP contribution in [0.1, 0.15) is 157 Å². The number of benzene rings is 2.